The maximum absolute atomic E-state index is 11.5. The van der Waals surface area contributed by atoms with Crippen molar-refractivity contribution in [3.63, 3.8) is 0 Å². The van der Waals surface area contributed by atoms with Crippen molar-refractivity contribution in [2.24, 2.45) is 0 Å². The van der Waals surface area contributed by atoms with Gasteiger partial charge in [0, 0.05) is 18.6 Å². The molecule has 0 aromatic heterocycles. The molecule has 0 spiro atoms. The number of nitrogens with one attached hydrogen (secondary N) is 1. The van der Waals surface area contributed by atoms with E-state index in [1.165, 1.54) is 18.2 Å². The third-order valence-corrected chi connectivity index (χ3v) is 3.94. The standard InChI is InChI=1S/C10H14N2O4S2/c1-17-7-6-11-8-4-3-5-9(18(2,15)16)10(8)12(13)14/h3-5,11H,6-7H2,1-2H3. The Labute approximate surface area is 110 Å². The number of nitro benzene ring substituents is 1. The van der Waals surface area contributed by atoms with Crippen LogP contribution in [-0.2, 0) is 9.84 Å². The van der Waals surface area contributed by atoms with Crippen LogP contribution in [0.4, 0.5) is 11.4 Å². The smallest absolute Gasteiger partial charge is 0.310 e. The highest BCUT2D eigenvalue weighted by atomic mass is 32.2. The van der Waals surface area contributed by atoms with E-state index in [0.717, 1.165) is 12.0 Å². The van der Waals surface area contributed by atoms with E-state index in [-0.39, 0.29) is 16.3 Å². The van der Waals surface area contributed by atoms with Gasteiger partial charge in [-0.05, 0) is 18.4 Å². The molecule has 1 rings (SSSR count). The van der Waals surface area contributed by atoms with Crippen LogP contribution < -0.4 is 5.32 Å². The van der Waals surface area contributed by atoms with Crippen molar-refractivity contribution in [3.8, 4) is 0 Å². The molecule has 1 aromatic rings. The summed E-state index contributed by atoms with van der Waals surface area (Å²) in [4.78, 5) is 10.1. The molecule has 0 aliphatic heterocycles. The second-order valence-corrected chi connectivity index (χ2v) is 6.57. The molecule has 0 heterocycles. The summed E-state index contributed by atoms with van der Waals surface area (Å²) in [5.41, 5.74) is -0.155. The minimum Gasteiger partial charge on any atom is -0.379 e. The van der Waals surface area contributed by atoms with Crippen molar-refractivity contribution in [2.75, 3.05) is 30.1 Å². The molecule has 0 aliphatic carbocycles. The highest BCUT2D eigenvalue weighted by Gasteiger charge is 2.25. The van der Waals surface area contributed by atoms with E-state index in [0.29, 0.717) is 6.54 Å². The van der Waals surface area contributed by atoms with Gasteiger partial charge in [0.1, 0.15) is 10.6 Å². The van der Waals surface area contributed by atoms with E-state index in [9.17, 15) is 18.5 Å². The van der Waals surface area contributed by atoms with Gasteiger partial charge in [0.15, 0.2) is 9.84 Å². The molecule has 0 saturated heterocycles. The number of benzene rings is 1. The molecule has 0 saturated carbocycles. The van der Waals surface area contributed by atoms with E-state index in [1.807, 2.05) is 6.26 Å². The van der Waals surface area contributed by atoms with Crippen molar-refractivity contribution in [1.82, 2.24) is 0 Å². The third kappa shape index (κ3) is 3.61. The van der Waals surface area contributed by atoms with E-state index < -0.39 is 14.8 Å². The fraction of sp³-hybridized carbons (Fsp3) is 0.400. The topological polar surface area (TPSA) is 89.3 Å². The van der Waals surface area contributed by atoms with Gasteiger partial charge in [-0.2, -0.15) is 11.8 Å². The number of nitrogens with zero attached hydrogens (tertiary/aromatic N) is 1. The molecule has 0 aliphatic rings. The number of anilines is 1. The summed E-state index contributed by atoms with van der Waals surface area (Å²) in [6.07, 6.45) is 2.88. The van der Waals surface area contributed by atoms with Gasteiger partial charge in [0.2, 0.25) is 0 Å². The molecule has 8 heteroatoms. The van der Waals surface area contributed by atoms with Crippen LogP contribution in [0.1, 0.15) is 0 Å². The summed E-state index contributed by atoms with van der Waals surface area (Å²) in [6, 6.07) is 4.24. The van der Waals surface area contributed by atoms with E-state index >= 15 is 0 Å². The normalized spacial score (nSPS) is 11.2. The lowest BCUT2D eigenvalue weighted by Crippen LogP contribution is -2.09. The summed E-state index contributed by atoms with van der Waals surface area (Å²) in [5, 5.41) is 13.9. The first-order valence-electron chi connectivity index (χ1n) is 5.08. The fourth-order valence-corrected chi connectivity index (χ4v) is 2.61. The molecule has 1 N–H and O–H groups in total. The van der Waals surface area contributed by atoms with Gasteiger partial charge in [0.25, 0.3) is 0 Å². The first-order chi connectivity index (χ1) is 8.38. The molecule has 0 amide bonds. The molecule has 0 unspecified atom stereocenters. The lowest BCUT2D eigenvalue weighted by atomic mass is 10.2. The molecular weight excluding hydrogens is 276 g/mol. The largest absolute Gasteiger partial charge is 0.379 e. The lowest BCUT2D eigenvalue weighted by molar-refractivity contribution is -0.386. The molecule has 100 valence electrons. The molecule has 0 radical (unpaired) electrons. The number of sulfone groups is 1. The summed E-state index contributed by atoms with van der Waals surface area (Å²) in [6.45, 7) is 0.537. The van der Waals surface area contributed by atoms with Gasteiger partial charge in [-0.15, -0.1) is 0 Å². The van der Waals surface area contributed by atoms with Crippen molar-refractivity contribution in [3.05, 3.63) is 28.3 Å². The second-order valence-electron chi connectivity index (χ2n) is 3.60. The van der Waals surface area contributed by atoms with Gasteiger partial charge in [-0.1, -0.05) is 6.07 Å². The summed E-state index contributed by atoms with van der Waals surface area (Å²) < 4.78 is 23.0. The zero-order chi connectivity index (χ0) is 13.8. The molecule has 0 fully saturated rings. The SMILES string of the molecule is CSCCNc1cccc(S(C)(=O)=O)c1[N+](=O)[O-]. The Morgan fingerprint density at radius 2 is 2.11 bits per heavy atom. The highest BCUT2D eigenvalue weighted by molar-refractivity contribution is 7.98. The first kappa shape index (κ1) is 14.8. The molecule has 0 bridgehead atoms. The Balaban J connectivity index is 3.23. The molecular formula is C10H14N2O4S2. The fourth-order valence-electron chi connectivity index (χ4n) is 1.44. The maximum atomic E-state index is 11.5. The van der Waals surface area contributed by atoms with Crippen LogP contribution in [0.25, 0.3) is 0 Å². The number of nitro groups is 1. The number of para-hydroxylation sites is 1. The zero-order valence-electron chi connectivity index (χ0n) is 10.0. The molecule has 0 atom stereocenters. The number of hydrogen-bond acceptors (Lipinski definition) is 6. The Bertz CT molecular complexity index is 543. The Morgan fingerprint density at radius 3 is 2.61 bits per heavy atom. The lowest BCUT2D eigenvalue weighted by Gasteiger charge is -2.08. The van der Waals surface area contributed by atoms with Crippen LogP contribution >= 0.6 is 11.8 Å². The minimum absolute atomic E-state index is 0.233. The van der Waals surface area contributed by atoms with Crippen LogP contribution in [0.15, 0.2) is 23.1 Å². The van der Waals surface area contributed by atoms with Crippen molar-refractivity contribution >= 4 is 33.0 Å². The van der Waals surface area contributed by atoms with Crippen molar-refractivity contribution in [2.45, 2.75) is 4.90 Å². The van der Waals surface area contributed by atoms with Crippen LogP contribution in [0.5, 0.6) is 0 Å². The number of thioether (sulfide) groups is 1. The quantitative estimate of drug-likeness (QED) is 0.488. The van der Waals surface area contributed by atoms with Crippen LogP contribution in [0.2, 0.25) is 0 Å². The molecule has 1 aromatic carbocycles. The summed E-state index contributed by atoms with van der Waals surface area (Å²) >= 11 is 1.59. The van der Waals surface area contributed by atoms with Crippen molar-refractivity contribution < 1.29 is 13.3 Å². The maximum Gasteiger partial charge on any atom is 0.310 e. The third-order valence-electron chi connectivity index (χ3n) is 2.20. The van der Waals surface area contributed by atoms with Crippen LogP contribution in [0, 0.1) is 10.1 Å². The van der Waals surface area contributed by atoms with E-state index in [4.69, 9.17) is 0 Å². The van der Waals surface area contributed by atoms with Gasteiger partial charge < -0.3 is 5.32 Å². The average molecular weight is 290 g/mol. The predicted molar refractivity (Wildman–Crippen MR) is 73.1 cm³/mol. The predicted octanol–water partition coefficient (Wildman–Crippen LogP) is 1.77. The summed E-state index contributed by atoms with van der Waals surface area (Å²) in [5.74, 6) is 0.778. The Kier molecular flexibility index (Phi) is 4.97. The molecule has 18 heavy (non-hydrogen) atoms. The highest BCUT2D eigenvalue weighted by Crippen LogP contribution is 2.31. The minimum atomic E-state index is -3.62. The van der Waals surface area contributed by atoms with Crippen LogP contribution in [0.3, 0.4) is 0 Å². The first-order valence-corrected chi connectivity index (χ1v) is 8.36. The average Bonchev–Trinajstić information content (AvgIpc) is 2.27. The molecule has 6 nitrogen and oxygen atoms in total. The van der Waals surface area contributed by atoms with E-state index in [1.54, 1.807) is 11.8 Å². The number of hydrogen-bond donors (Lipinski definition) is 1. The van der Waals surface area contributed by atoms with Gasteiger partial charge in [0.05, 0.1) is 4.92 Å². The van der Waals surface area contributed by atoms with E-state index in [2.05, 4.69) is 5.32 Å². The monoisotopic (exact) mass is 290 g/mol. The van der Waals surface area contributed by atoms with Crippen molar-refractivity contribution in [1.29, 1.82) is 0 Å². The van der Waals surface area contributed by atoms with Gasteiger partial charge >= 0.3 is 5.69 Å². The van der Waals surface area contributed by atoms with Gasteiger partial charge in [-0.3, -0.25) is 10.1 Å². The Hall–Kier alpha value is -1.28. The second kappa shape index (κ2) is 6.05. The number of rotatable bonds is 6. The zero-order valence-corrected chi connectivity index (χ0v) is 11.7. The summed E-state index contributed by atoms with van der Waals surface area (Å²) in [7, 11) is -3.62. The Morgan fingerprint density at radius 1 is 1.44 bits per heavy atom. The van der Waals surface area contributed by atoms with Gasteiger partial charge in [-0.25, -0.2) is 8.42 Å². The van der Waals surface area contributed by atoms with Crippen LogP contribution in [-0.4, -0.2) is 38.2 Å².